The SMILES string of the molecule is CCN(CC)CCNC(=O)Cn1nc2ccc(Cl)cc2n1. The number of aromatic nitrogens is 3. The number of rotatable bonds is 7. The first kappa shape index (κ1) is 15.7. The molecule has 0 spiro atoms. The Morgan fingerprint density at radius 3 is 2.71 bits per heavy atom. The Bertz CT molecular complexity index is 608. The van der Waals surface area contributed by atoms with Crippen molar-refractivity contribution < 1.29 is 4.79 Å². The summed E-state index contributed by atoms with van der Waals surface area (Å²) in [6.07, 6.45) is 0. The second-order valence-corrected chi connectivity index (χ2v) is 5.18. The molecule has 0 saturated heterocycles. The maximum absolute atomic E-state index is 11.9. The number of nitrogens with one attached hydrogen (secondary N) is 1. The Kier molecular flexibility index (Phi) is 5.52. The molecule has 0 aliphatic rings. The average molecular weight is 310 g/mol. The largest absolute Gasteiger partial charge is 0.353 e. The average Bonchev–Trinajstić information content (AvgIpc) is 2.84. The van der Waals surface area contributed by atoms with E-state index in [4.69, 9.17) is 11.6 Å². The second kappa shape index (κ2) is 7.38. The van der Waals surface area contributed by atoms with Crippen LogP contribution in [-0.4, -0.2) is 52.0 Å². The molecule has 1 heterocycles. The molecule has 0 atom stereocenters. The Morgan fingerprint density at radius 2 is 2.00 bits per heavy atom. The number of halogens is 1. The first-order chi connectivity index (χ1) is 10.1. The van der Waals surface area contributed by atoms with E-state index in [0.29, 0.717) is 17.1 Å². The standard InChI is InChI=1S/C14H20ClN5O/c1-3-19(4-2)8-7-16-14(21)10-20-17-12-6-5-11(15)9-13(12)18-20/h5-6,9H,3-4,7-8,10H2,1-2H3,(H,16,21). The van der Waals surface area contributed by atoms with Crippen molar-refractivity contribution in [3.63, 3.8) is 0 Å². The van der Waals surface area contributed by atoms with Gasteiger partial charge in [0.2, 0.25) is 5.91 Å². The summed E-state index contributed by atoms with van der Waals surface area (Å²) in [4.78, 5) is 15.5. The van der Waals surface area contributed by atoms with Gasteiger partial charge >= 0.3 is 0 Å². The van der Waals surface area contributed by atoms with E-state index in [0.717, 1.165) is 25.2 Å². The topological polar surface area (TPSA) is 63.1 Å². The molecule has 7 heteroatoms. The Balaban J connectivity index is 1.86. The molecule has 0 saturated carbocycles. The maximum Gasteiger partial charge on any atom is 0.243 e. The highest BCUT2D eigenvalue weighted by molar-refractivity contribution is 6.31. The molecule has 0 aliphatic heterocycles. The normalized spacial score (nSPS) is 11.2. The first-order valence-electron chi connectivity index (χ1n) is 7.11. The highest BCUT2D eigenvalue weighted by Crippen LogP contribution is 2.15. The number of amides is 1. The van der Waals surface area contributed by atoms with Crippen molar-refractivity contribution in [3.05, 3.63) is 23.2 Å². The molecule has 0 bridgehead atoms. The number of hydrogen-bond donors (Lipinski definition) is 1. The summed E-state index contributed by atoms with van der Waals surface area (Å²) in [5.74, 6) is -0.0893. The van der Waals surface area contributed by atoms with Crippen molar-refractivity contribution >= 4 is 28.5 Å². The number of hydrogen-bond acceptors (Lipinski definition) is 4. The number of nitrogens with zero attached hydrogens (tertiary/aromatic N) is 4. The molecule has 0 fully saturated rings. The second-order valence-electron chi connectivity index (χ2n) is 4.74. The van der Waals surface area contributed by atoms with Gasteiger partial charge in [-0.25, -0.2) is 0 Å². The van der Waals surface area contributed by atoms with E-state index in [1.165, 1.54) is 4.80 Å². The molecule has 1 aromatic heterocycles. The summed E-state index contributed by atoms with van der Waals surface area (Å²) in [5.41, 5.74) is 1.42. The molecule has 1 amide bonds. The molecule has 114 valence electrons. The van der Waals surface area contributed by atoms with Crippen molar-refractivity contribution in [1.29, 1.82) is 0 Å². The Hall–Kier alpha value is -1.66. The zero-order valence-corrected chi connectivity index (χ0v) is 13.1. The molecule has 6 nitrogen and oxygen atoms in total. The summed E-state index contributed by atoms with van der Waals surface area (Å²) < 4.78 is 0. The smallest absolute Gasteiger partial charge is 0.243 e. The van der Waals surface area contributed by atoms with E-state index in [-0.39, 0.29) is 12.5 Å². The van der Waals surface area contributed by atoms with Crippen molar-refractivity contribution in [3.8, 4) is 0 Å². The van der Waals surface area contributed by atoms with Crippen LogP contribution in [0.4, 0.5) is 0 Å². The molecule has 2 rings (SSSR count). The summed E-state index contributed by atoms with van der Waals surface area (Å²) in [6.45, 7) is 7.78. The van der Waals surface area contributed by atoms with Gasteiger partial charge in [-0.1, -0.05) is 25.4 Å². The number of benzene rings is 1. The van der Waals surface area contributed by atoms with Gasteiger partial charge in [-0.05, 0) is 31.3 Å². The van der Waals surface area contributed by atoms with Gasteiger partial charge in [0, 0.05) is 18.1 Å². The van der Waals surface area contributed by atoms with Gasteiger partial charge in [-0.15, -0.1) is 0 Å². The Morgan fingerprint density at radius 1 is 1.29 bits per heavy atom. The lowest BCUT2D eigenvalue weighted by Gasteiger charge is -2.17. The predicted molar refractivity (Wildman–Crippen MR) is 83.3 cm³/mol. The van der Waals surface area contributed by atoms with Gasteiger partial charge in [0.15, 0.2) is 0 Å². The number of carbonyl (C=O) groups is 1. The molecule has 0 aliphatic carbocycles. The third kappa shape index (κ3) is 4.41. The van der Waals surface area contributed by atoms with Gasteiger partial charge in [0.05, 0.1) is 0 Å². The molecule has 1 aromatic carbocycles. The van der Waals surface area contributed by atoms with Gasteiger partial charge in [0.1, 0.15) is 17.6 Å². The minimum absolute atomic E-state index is 0.0893. The van der Waals surface area contributed by atoms with E-state index in [1.54, 1.807) is 18.2 Å². The minimum Gasteiger partial charge on any atom is -0.353 e. The van der Waals surface area contributed by atoms with Crippen molar-refractivity contribution in [2.75, 3.05) is 26.2 Å². The van der Waals surface area contributed by atoms with Crippen LogP contribution in [0.3, 0.4) is 0 Å². The molecular weight excluding hydrogens is 290 g/mol. The summed E-state index contributed by atoms with van der Waals surface area (Å²) >= 11 is 5.90. The van der Waals surface area contributed by atoms with Crippen LogP contribution in [0.2, 0.25) is 5.02 Å². The molecule has 21 heavy (non-hydrogen) atoms. The summed E-state index contributed by atoms with van der Waals surface area (Å²) in [6, 6.07) is 5.28. The molecule has 2 aromatic rings. The lowest BCUT2D eigenvalue weighted by molar-refractivity contribution is -0.122. The maximum atomic E-state index is 11.9. The first-order valence-corrected chi connectivity index (χ1v) is 7.49. The third-order valence-corrected chi connectivity index (χ3v) is 3.55. The fraction of sp³-hybridized carbons (Fsp3) is 0.500. The van der Waals surface area contributed by atoms with Crippen LogP contribution in [0.5, 0.6) is 0 Å². The van der Waals surface area contributed by atoms with E-state index in [9.17, 15) is 4.79 Å². The van der Waals surface area contributed by atoms with E-state index >= 15 is 0 Å². The monoisotopic (exact) mass is 309 g/mol. The van der Waals surface area contributed by atoms with Gasteiger partial charge < -0.3 is 10.2 Å². The highest BCUT2D eigenvalue weighted by Gasteiger charge is 2.08. The van der Waals surface area contributed by atoms with Crippen molar-refractivity contribution in [2.45, 2.75) is 20.4 Å². The van der Waals surface area contributed by atoms with Crippen LogP contribution in [-0.2, 0) is 11.3 Å². The van der Waals surface area contributed by atoms with Crippen molar-refractivity contribution in [2.24, 2.45) is 0 Å². The Labute approximate surface area is 129 Å². The van der Waals surface area contributed by atoms with Crippen LogP contribution in [0, 0.1) is 0 Å². The zero-order valence-electron chi connectivity index (χ0n) is 12.3. The molecule has 0 unspecified atom stereocenters. The quantitative estimate of drug-likeness (QED) is 0.843. The number of carbonyl (C=O) groups excluding carboxylic acids is 1. The van der Waals surface area contributed by atoms with E-state index in [2.05, 4.69) is 34.3 Å². The lowest BCUT2D eigenvalue weighted by Crippen LogP contribution is -2.36. The fourth-order valence-corrected chi connectivity index (χ4v) is 2.25. The van der Waals surface area contributed by atoms with E-state index in [1.807, 2.05) is 0 Å². The zero-order chi connectivity index (χ0) is 15.2. The lowest BCUT2D eigenvalue weighted by atomic mass is 10.3. The predicted octanol–water partition coefficient (Wildman–Crippen LogP) is 1.54. The van der Waals surface area contributed by atoms with Crippen LogP contribution in [0.1, 0.15) is 13.8 Å². The number of fused-ring (bicyclic) bond motifs is 1. The third-order valence-electron chi connectivity index (χ3n) is 3.31. The van der Waals surface area contributed by atoms with Crippen molar-refractivity contribution in [1.82, 2.24) is 25.2 Å². The molecule has 1 N–H and O–H groups in total. The van der Waals surface area contributed by atoms with Crippen LogP contribution in [0.15, 0.2) is 18.2 Å². The molecule has 0 radical (unpaired) electrons. The van der Waals surface area contributed by atoms with E-state index < -0.39 is 0 Å². The van der Waals surface area contributed by atoms with Gasteiger partial charge in [-0.3, -0.25) is 4.79 Å². The summed E-state index contributed by atoms with van der Waals surface area (Å²) in [7, 11) is 0. The highest BCUT2D eigenvalue weighted by atomic mass is 35.5. The fourth-order valence-electron chi connectivity index (χ4n) is 2.08. The van der Waals surface area contributed by atoms with Gasteiger partial charge in [0.25, 0.3) is 0 Å². The molecular formula is C14H20ClN5O. The van der Waals surface area contributed by atoms with Crippen LogP contribution >= 0.6 is 11.6 Å². The van der Waals surface area contributed by atoms with Crippen LogP contribution < -0.4 is 5.32 Å². The number of likely N-dealkylation sites (N-methyl/N-ethyl adjacent to an activating group) is 1. The summed E-state index contributed by atoms with van der Waals surface area (Å²) in [5, 5.41) is 12.0. The minimum atomic E-state index is -0.0893. The van der Waals surface area contributed by atoms with Crippen LogP contribution in [0.25, 0.3) is 11.0 Å². The van der Waals surface area contributed by atoms with Gasteiger partial charge in [-0.2, -0.15) is 15.0 Å².